The molecule has 2 heterocycles. The maximum Gasteiger partial charge on any atom is 0.234 e. The van der Waals surface area contributed by atoms with E-state index >= 15 is 0 Å². The number of hydrogen-bond acceptors (Lipinski definition) is 8. The average molecular weight is 589 g/mol. The summed E-state index contributed by atoms with van der Waals surface area (Å²) in [7, 11) is 1.88. The van der Waals surface area contributed by atoms with E-state index in [-0.39, 0.29) is 29.1 Å². The van der Waals surface area contributed by atoms with Crippen molar-refractivity contribution in [2.24, 2.45) is 5.10 Å². The van der Waals surface area contributed by atoms with Gasteiger partial charge in [-0.25, -0.2) is 0 Å². The maximum absolute atomic E-state index is 13.1. The Morgan fingerprint density at radius 1 is 0.902 bits per heavy atom. The van der Waals surface area contributed by atoms with E-state index in [1.807, 2.05) is 72.7 Å². The molecule has 0 saturated heterocycles. The highest BCUT2D eigenvalue weighted by atomic mass is 32.2. The topological polar surface area (TPSA) is 99.6 Å². The van der Waals surface area contributed by atoms with Crippen molar-refractivity contribution in [3.63, 3.8) is 0 Å². The fourth-order valence-corrected chi connectivity index (χ4v) is 6.41. The van der Waals surface area contributed by atoms with Crippen molar-refractivity contribution in [1.82, 2.24) is 20.5 Å². The summed E-state index contributed by atoms with van der Waals surface area (Å²) in [6.07, 6.45) is 8.10. The predicted octanol–water partition coefficient (Wildman–Crippen LogP) is 6.30. The highest BCUT2D eigenvalue weighted by molar-refractivity contribution is 8.14. The molecule has 41 heavy (non-hydrogen) atoms. The molecule has 10 heteroatoms. The number of nitrogens with one attached hydrogen (secondary N) is 2. The molecule has 214 valence electrons. The van der Waals surface area contributed by atoms with E-state index < -0.39 is 0 Å². The van der Waals surface area contributed by atoms with Crippen LogP contribution >= 0.6 is 23.1 Å². The van der Waals surface area contributed by atoms with Crippen LogP contribution in [0.15, 0.2) is 91.1 Å². The Hall–Kier alpha value is -3.76. The second kappa shape index (κ2) is 15.3. The lowest BCUT2D eigenvalue weighted by Crippen LogP contribution is -2.42. The Morgan fingerprint density at radius 2 is 1.49 bits per heavy atom. The molecule has 8 nitrogen and oxygen atoms in total. The van der Waals surface area contributed by atoms with Crippen LogP contribution in [0.2, 0.25) is 0 Å². The smallest absolute Gasteiger partial charge is 0.234 e. The normalized spacial score (nSPS) is 16.0. The Bertz CT molecular complexity index is 1340. The Kier molecular flexibility index (Phi) is 11.3. The SMILES string of the molecule is C=CCC(C(=O)Nc1nnc(CCCCC2=NN(C)C(NC(=O)C(CC=C)c3ccccc3)S2)s1)c1ccccc1. The average Bonchev–Trinajstić information content (AvgIpc) is 3.58. The summed E-state index contributed by atoms with van der Waals surface area (Å²) in [6, 6.07) is 19.5. The Morgan fingerprint density at radius 3 is 2.10 bits per heavy atom. The van der Waals surface area contributed by atoms with Crippen LogP contribution in [-0.2, 0) is 16.0 Å². The zero-order valence-corrected chi connectivity index (χ0v) is 24.9. The van der Waals surface area contributed by atoms with Gasteiger partial charge in [0.1, 0.15) is 5.01 Å². The summed E-state index contributed by atoms with van der Waals surface area (Å²) in [5.41, 5.74) is 1.69. The third-order valence-corrected chi connectivity index (χ3v) is 8.79. The lowest BCUT2D eigenvalue weighted by atomic mass is 9.95. The lowest BCUT2D eigenvalue weighted by Gasteiger charge is -2.22. The summed E-state index contributed by atoms with van der Waals surface area (Å²) in [5.74, 6) is -0.737. The molecular weight excluding hydrogens is 553 g/mol. The first-order valence-corrected chi connectivity index (χ1v) is 15.4. The molecule has 0 saturated carbocycles. The second-order valence-electron chi connectivity index (χ2n) is 9.72. The van der Waals surface area contributed by atoms with Gasteiger partial charge in [-0.15, -0.1) is 23.4 Å². The Balaban J connectivity index is 1.21. The number of thioether (sulfide) groups is 1. The van der Waals surface area contributed by atoms with Crippen molar-refractivity contribution in [2.75, 3.05) is 12.4 Å². The molecule has 1 aromatic heterocycles. The molecule has 0 radical (unpaired) electrons. The van der Waals surface area contributed by atoms with Gasteiger partial charge in [-0.05, 0) is 43.2 Å². The summed E-state index contributed by atoms with van der Waals surface area (Å²) in [4.78, 5) is 26.0. The maximum atomic E-state index is 13.1. The molecule has 0 spiro atoms. The number of hydrazone groups is 1. The van der Waals surface area contributed by atoms with Crippen LogP contribution < -0.4 is 10.6 Å². The van der Waals surface area contributed by atoms with Crippen LogP contribution in [-0.4, -0.2) is 44.6 Å². The molecule has 1 aliphatic heterocycles. The van der Waals surface area contributed by atoms with E-state index in [0.717, 1.165) is 46.9 Å². The minimum atomic E-state index is -0.316. The third kappa shape index (κ3) is 8.61. The third-order valence-electron chi connectivity index (χ3n) is 6.69. The van der Waals surface area contributed by atoms with Gasteiger partial charge < -0.3 is 5.32 Å². The van der Waals surface area contributed by atoms with Crippen LogP contribution in [0.1, 0.15) is 60.1 Å². The summed E-state index contributed by atoms with van der Waals surface area (Å²) >= 11 is 2.99. The zero-order chi connectivity index (χ0) is 29.0. The molecule has 3 atom stereocenters. The van der Waals surface area contributed by atoms with E-state index in [9.17, 15) is 9.59 Å². The number of rotatable bonds is 15. The molecule has 1 aliphatic rings. The van der Waals surface area contributed by atoms with Gasteiger partial charge >= 0.3 is 0 Å². The van der Waals surface area contributed by atoms with E-state index in [1.54, 1.807) is 23.9 Å². The highest BCUT2D eigenvalue weighted by Gasteiger charge is 2.29. The molecule has 3 unspecified atom stereocenters. The largest absolute Gasteiger partial charge is 0.325 e. The minimum Gasteiger partial charge on any atom is -0.325 e. The highest BCUT2D eigenvalue weighted by Crippen LogP contribution is 2.29. The van der Waals surface area contributed by atoms with E-state index in [2.05, 4.69) is 39.1 Å². The summed E-state index contributed by atoms with van der Waals surface area (Å²) < 4.78 is 0. The molecule has 4 rings (SSSR count). The van der Waals surface area contributed by atoms with E-state index in [4.69, 9.17) is 0 Å². The van der Waals surface area contributed by atoms with E-state index in [0.29, 0.717) is 18.0 Å². The van der Waals surface area contributed by atoms with Crippen LogP contribution in [0.3, 0.4) is 0 Å². The van der Waals surface area contributed by atoms with Gasteiger partial charge in [0.15, 0.2) is 5.50 Å². The summed E-state index contributed by atoms with van der Waals surface area (Å²) in [5, 5.41) is 23.3. The van der Waals surface area contributed by atoms with Crippen molar-refractivity contribution in [2.45, 2.75) is 55.9 Å². The number of aromatic nitrogens is 2. The molecule has 2 amide bonds. The van der Waals surface area contributed by atoms with Gasteiger partial charge in [0, 0.05) is 13.5 Å². The molecule has 3 aromatic rings. The molecule has 2 N–H and O–H groups in total. The predicted molar refractivity (Wildman–Crippen MR) is 169 cm³/mol. The monoisotopic (exact) mass is 588 g/mol. The number of aryl methyl sites for hydroxylation is 1. The van der Waals surface area contributed by atoms with Crippen molar-refractivity contribution < 1.29 is 9.59 Å². The number of unbranched alkanes of at least 4 members (excludes halogenated alkanes) is 1. The minimum absolute atomic E-state index is 0.0318. The van der Waals surface area contributed by atoms with Gasteiger partial charge in [-0.1, -0.05) is 95.9 Å². The van der Waals surface area contributed by atoms with Crippen molar-refractivity contribution >= 4 is 45.1 Å². The zero-order valence-electron chi connectivity index (χ0n) is 23.2. The molecule has 0 fully saturated rings. The first-order valence-electron chi connectivity index (χ1n) is 13.7. The number of hydrogen-bond donors (Lipinski definition) is 2. The number of allylic oxidation sites excluding steroid dienone is 2. The number of nitrogens with zero attached hydrogens (tertiary/aromatic N) is 4. The first-order chi connectivity index (χ1) is 20.0. The standard InChI is InChI=1S/C31H36N6O2S2/c1-4-14-24(22-16-8-6-9-17-22)28(38)32-30-35-34-26(40-30)20-12-13-21-27-36-37(3)31(41-27)33-29(39)25(15-5-2)23-18-10-7-11-19-23/h4-11,16-19,24-25,31H,1-2,12-15,20-21H2,3H3,(H,33,39)(H,32,35,38). The number of anilines is 1. The van der Waals surface area contributed by atoms with Crippen molar-refractivity contribution in [3.05, 3.63) is 102 Å². The summed E-state index contributed by atoms with van der Waals surface area (Å²) in [6.45, 7) is 7.62. The van der Waals surface area contributed by atoms with Gasteiger partial charge in [-0.2, -0.15) is 5.10 Å². The van der Waals surface area contributed by atoms with Crippen molar-refractivity contribution in [1.29, 1.82) is 0 Å². The second-order valence-corrected chi connectivity index (χ2v) is 11.9. The first kappa shape index (κ1) is 30.2. The van der Waals surface area contributed by atoms with E-state index in [1.165, 1.54) is 11.3 Å². The van der Waals surface area contributed by atoms with Crippen LogP contribution in [0.4, 0.5) is 5.13 Å². The molecule has 0 bridgehead atoms. The molecular formula is C31H36N6O2S2. The number of carbonyl (C=O) groups is 2. The van der Waals surface area contributed by atoms with Gasteiger partial charge in [0.2, 0.25) is 16.9 Å². The molecule has 2 aromatic carbocycles. The number of amides is 2. The fourth-order valence-electron chi connectivity index (χ4n) is 4.55. The molecule has 0 aliphatic carbocycles. The number of carbonyl (C=O) groups excluding carboxylic acids is 2. The van der Waals surface area contributed by atoms with Crippen LogP contribution in [0.5, 0.6) is 0 Å². The Labute approximate surface area is 250 Å². The number of benzene rings is 2. The van der Waals surface area contributed by atoms with Crippen molar-refractivity contribution in [3.8, 4) is 0 Å². The van der Waals surface area contributed by atoms with Crippen LogP contribution in [0.25, 0.3) is 0 Å². The van der Waals surface area contributed by atoms with Crippen LogP contribution in [0, 0.1) is 0 Å². The van der Waals surface area contributed by atoms with Gasteiger partial charge in [-0.3, -0.25) is 19.9 Å². The lowest BCUT2D eigenvalue weighted by molar-refractivity contribution is -0.123. The van der Waals surface area contributed by atoms with Gasteiger partial charge in [0.25, 0.3) is 0 Å². The fraction of sp³-hybridized carbons (Fsp3) is 0.323. The quantitative estimate of drug-likeness (QED) is 0.160. The van der Waals surface area contributed by atoms with Gasteiger partial charge in [0.05, 0.1) is 16.9 Å².